The van der Waals surface area contributed by atoms with E-state index >= 15 is 0 Å². The highest BCUT2D eigenvalue weighted by Crippen LogP contribution is 2.20. The van der Waals surface area contributed by atoms with E-state index in [-0.39, 0.29) is 0 Å². The highest BCUT2D eigenvalue weighted by atomic mass is 16.5. The first-order chi connectivity index (χ1) is 8.77. The standard InChI is InChI=1S/C11H18N6O/c1-3-18-7-6-17-11(9(8-12)14-15-17)10-4-5-13-16(10)2/h4-5H,3,6-8,12H2,1-2H3. The third-order valence-corrected chi connectivity index (χ3v) is 2.71. The van der Waals surface area contributed by atoms with E-state index in [2.05, 4.69) is 15.4 Å². The van der Waals surface area contributed by atoms with Gasteiger partial charge in [-0.05, 0) is 13.0 Å². The maximum atomic E-state index is 5.70. The van der Waals surface area contributed by atoms with E-state index in [1.807, 2.05) is 24.7 Å². The molecule has 2 N–H and O–H groups in total. The summed E-state index contributed by atoms with van der Waals surface area (Å²) in [5.41, 5.74) is 8.34. The molecule has 0 aliphatic rings. The van der Waals surface area contributed by atoms with E-state index in [9.17, 15) is 0 Å². The zero-order valence-corrected chi connectivity index (χ0v) is 10.7. The highest BCUT2D eigenvalue weighted by Gasteiger charge is 2.16. The molecular weight excluding hydrogens is 232 g/mol. The van der Waals surface area contributed by atoms with Crippen molar-refractivity contribution in [2.45, 2.75) is 20.0 Å². The third-order valence-electron chi connectivity index (χ3n) is 2.71. The molecule has 0 unspecified atom stereocenters. The van der Waals surface area contributed by atoms with Crippen LogP contribution < -0.4 is 5.73 Å². The highest BCUT2D eigenvalue weighted by molar-refractivity contribution is 5.57. The Balaban J connectivity index is 2.31. The lowest BCUT2D eigenvalue weighted by Gasteiger charge is -2.08. The molecule has 2 heterocycles. The van der Waals surface area contributed by atoms with Crippen LogP contribution in [-0.4, -0.2) is 38.0 Å². The van der Waals surface area contributed by atoms with Gasteiger partial charge in [0.15, 0.2) is 0 Å². The van der Waals surface area contributed by atoms with Gasteiger partial charge >= 0.3 is 0 Å². The van der Waals surface area contributed by atoms with Crippen LogP contribution in [0.1, 0.15) is 12.6 Å². The fourth-order valence-electron chi connectivity index (χ4n) is 1.82. The van der Waals surface area contributed by atoms with Crippen LogP contribution in [0.25, 0.3) is 11.4 Å². The Morgan fingerprint density at radius 2 is 2.28 bits per heavy atom. The number of hydrogen-bond donors (Lipinski definition) is 1. The van der Waals surface area contributed by atoms with Crippen molar-refractivity contribution in [1.82, 2.24) is 24.8 Å². The molecule has 2 rings (SSSR count). The Morgan fingerprint density at radius 1 is 1.44 bits per heavy atom. The molecule has 0 saturated carbocycles. The molecule has 7 nitrogen and oxygen atoms in total. The van der Waals surface area contributed by atoms with Crippen molar-refractivity contribution < 1.29 is 4.74 Å². The Morgan fingerprint density at radius 3 is 2.89 bits per heavy atom. The van der Waals surface area contributed by atoms with Gasteiger partial charge in [-0.1, -0.05) is 5.21 Å². The monoisotopic (exact) mass is 250 g/mol. The van der Waals surface area contributed by atoms with E-state index in [0.29, 0.717) is 26.3 Å². The van der Waals surface area contributed by atoms with Gasteiger partial charge in [-0.3, -0.25) is 4.68 Å². The first-order valence-electron chi connectivity index (χ1n) is 5.96. The van der Waals surface area contributed by atoms with E-state index < -0.39 is 0 Å². The third kappa shape index (κ3) is 2.41. The number of nitrogens with zero attached hydrogens (tertiary/aromatic N) is 5. The normalized spacial score (nSPS) is 11.1. The predicted molar refractivity (Wildman–Crippen MR) is 66.6 cm³/mol. The van der Waals surface area contributed by atoms with Crippen molar-refractivity contribution in [2.75, 3.05) is 13.2 Å². The van der Waals surface area contributed by atoms with Gasteiger partial charge in [0.1, 0.15) is 11.4 Å². The van der Waals surface area contributed by atoms with Crippen LogP contribution in [0.3, 0.4) is 0 Å². The van der Waals surface area contributed by atoms with Crippen molar-refractivity contribution in [2.24, 2.45) is 12.8 Å². The lowest BCUT2D eigenvalue weighted by molar-refractivity contribution is 0.136. The molecule has 0 amide bonds. The largest absolute Gasteiger partial charge is 0.380 e. The fourth-order valence-corrected chi connectivity index (χ4v) is 1.82. The van der Waals surface area contributed by atoms with Crippen LogP contribution in [0.15, 0.2) is 12.3 Å². The second-order valence-electron chi connectivity index (χ2n) is 3.85. The molecule has 0 saturated heterocycles. The van der Waals surface area contributed by atoms with E-state index in [1.54, 1.807) is 10.9 Å². The summed E-state index contributed by atoms with van der Waals surface area (Å²) < 4.78 is 8.94. The van der Waals surface area contributed by atoms with Gasteiger partial charge in [0.05, 0.1) is 18.8 Å². The molecular formula is C11H18N6O. The van der Waals surface area contributed by atoms with E-state index in [4.69, 9.17) is 10.5 Å². The second kappa shape index (κ2) is 5.74. The minimum Gasteiger partial charge on any atom is -0.380 e. The molecule has 2 aromatic heterocycles. The Hall–Kier alpha value is -1.73. The van der Waals surface area contributed by atoms with Crippen LogP contribution >= 0.6 is 0 Å². The number of aromatic nitrogens is 5. The molecule has 98 valence electrons. The van der Waals surface area contributed by atoms with Gasteiger partial charge in [-0.25, -0.2) is 4.68 Å². The van der Waals surface area contributed by atoms with Crippen LogP contribution in [0.5, 0.6) is 0 Å². The van der Waals surface area contributed by atoms with Crippen LogP contribution in [0.4, 0.5) is 0 Å². The smallest absolute Gasteiger partial charge is 0.111 e. The topological polar surface area (TPSA) is 83.8 Å². The summed E-state index contributed by atoms with van der Waals surface area (Å²) in [5.74, 6) is 0. The van der Waals surface area contributed by atoms with E-state index in [0.717, 1.165) is 17.1 Å². The van der Waals surface area contributed by atoms with Crippen molar-refractivity contribution >= 4 is 0 Å². The average molecular weight is 250 g/mol. The minimum absolute atomic E-state index is 0.356. The molecule has 0 fully saturated rings. The zero-order chi connectivity index (χ0) is 13.0. The molecule has 0 atom stereocenters. The van der Waals surface area contributed by atoms with Gasteiger partial charge in [-0.15, -0.1) is 5.10 Å². The summed E-state index contributed by atoms with van der Waals surface area (Å²) in [4.78, 5) is 0. The van der Waals surface area contributed by atoms with Gasteiger partial charge in [0.25, 0.3) is 0 Å². The summed E-state index contributed by atoms with van der Waals surface area (Å²) in [5, 5.41) is 12.4. The summed E-state index contributed by atoms with van der Waals surface area (Å²) in [6.45, 7) is 4.28. The molecule has 18 heavy (non-hydrogen) atoms. The first kappa shape index (κ1) is 12.7. The van der Waals surface area contributed by atoms with Crippen LogP contribution in [-0.2, 0) is 24.9 Å². The molecule has 0 radical (unpaired) electrons. The van der Waals surface area contributed by atoms with Gasteiger partial charge in [0, 0.05) is 26.4 Å². The Kier molecular flexibility index (Phi) is 4.06. The van der Waals surface area contributed by atoms with Crippen LogP contribution in [0, 0.1) is 0 Å². The van der Waals surface area contributed by atoms with Crippen molar-refractivity contribution in [3.8, 4) is 11.4 Å². The minimum atomic E-state index is 0.356. The first-order valence-corrected chi connectivity index (χ1v) is 5.96. The molecule has 0 bridgehead atoms. The summed E-state index contributed by atoms with van der Waals surface area (Å²) >= 11 is 0. The van der Waals surface area contributed by atoms with Crippen molar-refractivity contribution in [1.29, 1.82) is 0 Å². The molecule has 0 aliphatic heterocycles. The van der Waals surface area contributed by atoms with Crippen molar-refractivity contribution in [3.63, 3.8) is 0 Å². The fraction of sp³-hybridized carbons (Fsp3) is 0.545. The molecule has 0 spiro atoms. The van der Waals surface area contributed by atoms with Crippen LogP contribution in [0.2, 0.25) is 0 Å². The Labute approximate surface area is 106 Å². The summed E-state index contributed by atoms with van der Waals surface area (Å²) in [6.07, 6.45) is 1.75. The number of nitrogens with two attached hydrogens (primary N) is 1. The maximum Gasteiger partial charge on any atom is 0.111 e. The summed E-state index contributed by atoms with van der Waals surface area (Å²) in [6, 6.07) is 1.93. The summed E-state index contributed by atoms with van der Waals surface area (Å²) in [7, 11) is 1.88. The second-order valence-corrected chi connectivity index (χ2v) is 3.85. The lowest BCUT2D eigenvalue weighted by Crippen LogP contribution is -2.11. The average Bonchev–Trinajstić information content (AvgIpc) is 2.95. The quantitative estimate of drug-likeness (QED) is 0.739. The maximum absolute atomic E-state index is 5.70. The number of rotatable bonds is 6. The van der Waals surface area contributed by atoms with Gasteiger partial charge in [-0.2, -0.15) is 5.10 Å². The number of aryl methyl sites for hydroxylation is 1. The zero-order valence-electron chi connectivity index (χ0n) is 10.7. The van der Waals surface area contributed by atoms with E-state index in [1.165, 1.54) is 0 Å². The number of hydrogen-bond acceptors (Lipinski definition) is 5. The SMILES string of the molecule is CCOCCn1nnc(CN)c1-c1ccnn1C. The molecule has 7 heteroatoms. The van der Waals surface area contributed by atoms with Gasteiger partial charge < -0.3 is 10.5 Å². The lowest BCUT2D eigenvalue weighted by atomic mass is 10.2. The Bertz CT molecular complexity index is 503. The number of ether oxygens (including phenoxy) is 1. The predicted octanol–water partition coefficient (Wildman–Crippen LogP) is 0.174. The molecule has 0 aromatic carbocycles. The molecule has 0 aliphatic carbocycles. The molecule has 2 aromatic rings. The van der Waals surface area contributed by atoms with Crippen molar-refractivity contribution in [3.05, 3.63) is 18.0 Å². The van der Waals surface area contributed by atoms with Gasteiger partial charge in [0.2, 0.25) is 0 Å².